The van der Waals surface area contributed by atoms with Gasteiger partial charge in [0.1, 0.15) is 0 Å². The second-order valence-electron chi connectivity index (χ2n) is 4.38. The van der Waals surface area contributed by atoms with Crippen molar-refractivity contribution in [1.82, 2.24) is 4.90 Å². The summed E-state index contributed by atoms with van der Waals surface area (Å²) in [6.07, 6.45) is 2.43. The Bertz CT molecular complexity index is 375. The standard InChI is InChI=1S/C12H17NO2S/c1-9-4-5-11(16-9)8-13-6-2-3-10(13)7-12(14)15/h4-5,10H,2-3,6-8H2,1H3,(H,14,15). The number of rotatable bonds is 4. The summed E-state index contributed by atoms with van der Waals surface area (Å²) in [7, 11) is 0. The van der Waals surface area contributed by atoms with Crippen molar-refractivity contribution in [3.63, 3.8) is 0 Å². The van der Waals surface area contributed by atoms with Gasteiger partial charge in [-0.25, -0.2) is 0 Å². The molecule has 88 valence electrons. The Morgan fingerprint density at radius 3 is 3.06 bits per heavy atom. The number of carboxylic acid groups (broad SMARTS) is 1. The minimum Gasteiger partial charge on any atom is -0.481 e. The van der Waals surface area contributed by atoms with Crippen LogP contribution in [0.4, 0.5) is 0 Å². The zero-order chi connectivity index (χ0) is 11.5. The van der Waals surface area contributed by atoms with Crippen molar-refractivity contribution < 1.29 is 9.90 Å². The van der Waals surface area contributed by atoms with Crippen molar-refractivity contribution >= 4 is 17.3 Å². The van der Waals surface area contributed by atoms with Crippen LogP contribution in [-0.4, -0.2) is 28.6 Å². The predicted octanol–water partition coefficient (Wildman–Crippen LogP) is 2.50. The minimum absolute atomic E-state index is 0.236. The molecule has 3 nitrogen and oxygen atoms in total. The zero-order valence-corrected chi connectivity index (χ0v) is 10.3. The van der Waals surface area contributed by atoms with Crippen molar-refractivity contribution in [3.05, 3.63) is 21.9 Å². The minimum atomic E-state index is -0.681. The molecule has 0 radical (unpaired) electrons. The largest absolute Gasteiger partial charge is 0.481 e. The quantitative estimate of drug-likeness (QED) is 0.877. The lowest BCUT2D eigenvalue weighted by molar-refractivity contribution is -0.138. The summed E-state index contributed by atoms with van der Waals surface area (Å²) >= 11 is 1.81. The van der Waals surface area contributed by atoms with Gasteiger partial charge in [-0.1, -0.05) is 0 Å². The molecule has 0 amide bonds. The summed E-state index contributed by atoms with van der Waals surface area (Å²) in [6, 6.07) is 4.51. The fraction of sp³-hybridized carbons (Fsp3) is 0.583. The summed E-state index contributed by atoms with van der Waals surface area (Å²) in [6.45, 7) is 4.05. The van der Waals surface area contributed by atoms with E-state index in [0.29, 0.717) is 0 Å². The normalized spacial score (nSPS) is 21.4. The Kier molecular flexibility index (Phi) is 3.61. The lowest BCUT2D eigenvalue weighted by atomic mass is 10.1. The molecular formula is C12H17NO2S. The van der Waals surface area contributed by atoms with Crippen molar-refractivity contribution in [2.45, 2.75) is 38.8 Å². The number of nitrogens with zero attached hydrogens (tertiary/aromatic N) is 1. The van der Waals surface area contributed by atoms with E-state index < -0.39 is 5.97 Å². The maximum Gasteiger partial charge on any atom is 0.304 e. The Balaban J connectivity index is 1.95. The lowest BCUT2D eigenvalue weighted by Crippen LogP contribution is -2.30. The highest BCUT2D eigenvalue weighted by Crippen LogP contribution is 2.25. The van der Waals surface area contributed by atoms with Gasteiger partial charge < -0.3 is 5.11 Å². The third-order valence-electron chi connectivity index (χ3n) is 3.06. The maximum absolute atomic E-state index is 10.7. The Morgan fingerprint density at radius 2 is 2.44 bits per heavy atom. The van der Waals surface area contributed by atoms with E-state index in [1.165, 1.54) is 9.75 Å². The van der Waals surface area contributed by atoms with E-state index in [2.05, 4.69) is 24.0 Å². The van der Waals surface area contributed by atoms with Crippen LogP contribution in [0.3, 0.4) is 0 Å². The van der Waals surface area contributed by atoms with Crippen LogP contribution in [0.25, 0.3) is 0 Å². The maximum atomic E-state index is 10.7. The summed E-state index contributed by atoms with van der Waals surface area (Å²) in [5.41, 5.74) is 0. The van der Waals surface area contributed by atoms with Crippen LogP contribution in [-0.2, 0) is 11.3 Å². The molecule has 0 bridgehead atoms. The molecule has 1 aromatic heterocycles. The monoisotopic (exact) mass is 239 g/mol. The Labute approximate surface area is 99.7 Å². The number of carbonyl (C=O) groups is 1. The molecule has 1 unspecified atom stereocenters. The average Bonchev–Trinajstić information content (AvgIpc) is 2.77. The van der Waals surface area contributed by atoms with Gasteiger partial charge >= 0.3 is 5.97 Å². The molecule has 4 heteroatoms. The van der Waals surface area contributed by atoms with Crippen molar-refractivity contribution in [1.29, 1.82) is 0 Å². The van der Waals surface area contributed by atoms with Crippen molar-refractivity contribution in [2.24, 2.45) is 0 Å². The number of aliphatic carboxylic acids is 1. The molecule has 1 fully saturated rings. The predicted molar refractivity (Wildman–Crippen MR) is 64.7 cm³/mol. The first kappa shape index (κ1) is 11.6. The number of carboxylic acids is 1. The lowest BCUT2D eigenvalue weighted by Gasteiger charge is -2.22. The molecule has 0 aliphatic carbocycles. The fourth-order valence-electron chi connectivity index (χ4n) is 2.31. The number of aryl methyl sites for hydroxylation is 1. The van der Waals surface area contributed by atoms with Crippen LogP contribution in [0, 0.1) is 6.92 Å². The topological polar surface area (TPSA) is 40.5 Å². The first-order valence-electron chi connectivity index (χ1n) is 5.66. The number of thiophene rings is 1. The van der Waals surface area contributed by atoms with E-state index in [0.717, 1.165) is 25.9 Å². The molecular weight excluding hydrogens is 222 g/mol. The van der Waals surface area contributed by atoms with E-state index in [4.69, 9.17) is 5.11 Å². The van der Waals surface area contributed by atoms with Gasteiger partial charge in [0.25, 0.3) is 0 Å². The average molecular weight is 239 g/mol. The van der Waals surface area contributed by atoms with E-state index in [-0.39, 0.29) is 12.5 Å². The van der Waals surface area contributed by atoms with Crippen LogP contribution in [0.1, 0.15) is 29.0 Å². The first-order valence-corrected chi connectivity index (χ1v) is 6.48. The number of likely N-dealkylation sites (tertiary alicyclic amines) is 1. The molecule has 0 aromatic carbocycles. The second-order valence-corrected chi connectivity index (χ2v) is 5.75. The molecule has 16 heavy (non-hydrogen) atoms. The van der Waals surface area contributed by atoms with Gasteiger partial charge in [0.2, 0.25) is 0 Å². The first-order chi connectivity index (χ1) is 7.65. The van der Waals surface area contributed by atoms with E-state index >= 15 is 0 Å². The van der Waals surface area contributed by atoms with Crippen molar-refractivity contribution in [3.8, 4) is 0 Å². The highest BCUT2D eigenvalue weighted by atomic mass is 32.1. The van der Waals surface area contributed by atoms with Crippen molar-refractivity contribution in [2.75, 3.05) is 6.54 Å². The fourth-order valence-corrected chi connectivity index (χ4v) is 3.22. The van der Waals surface area contributed by atoms with Crippen LogP contribution >= 0.6 is 11.3 Å². The summed E-state index contributed by atoms with van der Waals surface area (Å²) in [5.74, 6) is -0.681. The molecule has 1 N–H and O–H groups in total. The SMILES string of the molecule is Cc1ccc(CN2CCCC2CC(=O)O)s1. The molecule has 2 heterocycles. The summed E-state index contributed by atoms with van der Waals surface area (Å²) in [5, 5.41) is 8.84. The molecule has 1 aromatic rings. The van der Waals surface area contributed by atoms with Crippen LogP contribution in [0.15, 0.2) is 12.1 Å². The third-order valence-corrected chi connectivity index (χ3v) is 4.05. The van der Waals surface area contributed by atoms with Gasteiger partial charge in [-0.3, -0.25) is 9.69 Å². The molecule has 1 aliphatic heterocycles. The number of hydrogen-bond donors (Lipinski definition) is 1. The summed E-state index contributed by atoms with van der Waals surface area (Å²) in [4.78, 5) is 15.7. The van der Waals surface area contributed by atoms with E-state index in [1.54, 1.807) is 11.3 Å². The van der Waals surface area contributed by atoms with Gasteiger partial charge in [0, 0.05) is 22.3 Å². The van der Waals surface area contributed by atoms with Gasteiger partial charge in [0.05, 0.1) is 6.42 Å². The van der Waals surface area contributed by atoms with Gasteiger partial charge in [0.15, 0.2) is 0 Å². The van der Waals surface area contributed by atoms with Crippen LogP contribution < -0.4 is 0 Å². The summed E-state index contributed by atoms with van der Waals surface area (Å²) < 4.78 is 0. The molecule has 1 saturated heterocycles. The molecule has 0 saturated carbocycles. The van der Waals surface area contributed by atoms with E-state index in [1.807, 2.05) is 0 Å². The van der Waals surface area contributed by atoms with Crippen LogP contribution in [0.2, 0.25) is 0 Å². The molecule has 2 rings (SSSR count). The molecule has 0 spiro atoms. The smallest absolute Gasteiger partial charge is 0.304 e. The van der Waals surface area contributed by atoms with E-state index in [9.17, 15) is 4.79 Å². The third kappa shape index (κ3) is 2.83. The molecule has 1 atom stereocenters. The number of hydrogen-bond acceptors (Lipinski definition) is 3. The Hall–Kier alpha value is -0.870. The molecule has 1 aliphatic rings. The van der Waals surface area contributed by atoms with Gasteiger partial charge in [-0.2, -0.15) is 0 Å². The highest BCUT2D eigenvalue weighted by molar-refractivity contribution is 7.11. The van der Waals surface area contributed by atoms with Crippen LogP contribution in [0.5, 0.6) is 0 Å². The second kappa shape index (κ2) is 4.97. The Morgan fingerprint density at radius 1 is 1.62 bits per heavy atom. The van der Waals surface area contributed by atoms with Gasteiger partial charge in [-0.15, -0.1) is 11.3 Å². The van der Waals surface area contributed by atoms with Gasteiger partial charge in [-0.05, 0) is 38.4 Å². The highest BCUT2D eigenvalue weighted by Gasteiger charge is 2.26. The zero-order valence-electron chi connectivity index (χ0n) is 9.48.